The van der Waals surface area contributed by atoms with E-state index >= 15 is 0 Å². The lowest BCUT2D eigenvalue weighted by Crippen LogP contribution is -1.92. The highest BCUT2D eigenvalue weighted by Gasteiger charge is 2.14. The fourth-order valence-corrected chi connectivity index (χ4v) is 2.21. The van der Waals surface area contributed by atoms with Gasteiger partial charge in [0.1, 0.15) is 0 Å². The molecular formula is C11H23N3P+. The summed E-state index contributed by atoms with van der Waals surface area (Å²) in [5, 5.41) is 16.7. The zero-order valence-corrected chi connectivity index (χ0v) is 11.3. The molecule has 0 radical (unpaired) electrons. The number of nitriles is 2. The maximum atomic E-state index is 7.48. The lowest BCUT2D eigenvalue weighted by molar-refractivity contribution is 0.704. The lowest BCUT2D eigenvalue weighted by Gasteiger charge is -2.10. The minimum atomic E-state index is -0.456. The van der Waals surface area contributed by atoms with E-state index in [0.29, 0.717) is 0 Å². The van der Waals surface area contributed by atoms with E-state index in [0.717, 1.165) is 0 Å². The summed E-state index contributed by atoms with van der Waals surface area (Å²) in [5.74, 6) is 0. The molecule has 86 valence electrons. The van der Waals surface area contributed by atoms with Gasteiger partial charge in [-0.25, -0.2) is 5.32 Å². The second kappa shape index (κ2) is 11.3. The van der Waals surface area contributed by atoms with Gasteiger partial charge in [0, 0.05) is 27.3 Å². The predicted octanol–water partition coefficient (Wildman–Crippen LogP) is 3.01. The summed E-state index contributed by atoms with van der Waals surface area (Å²) in [7, 11) is -0.456. The van der Waals surface area contributed by atoms with Crippen LogP contribution in [0.5, 0.6) is 0 Å². The van der Waals surface area contributed by atoms with Crippen LogP contribution in [0.15, 0.2) is 0 Å². The zero-order chi connectivity index (χ0) is 12.2. The average molecular weight is 228 g/mol. The topological polar surface area (TPSA) is 59.6 Å². The van der Waals surface area contributed by atoms with E-state index in [9.17, 15) is 0 Å². The van der Waals surface area contributed by atoms with Crippen molar-refractivity contribution >= 4 is 7.26 Å². The molecule has 0 fully saturated rings. The van der Waals surface area contributed by atoms with Gasteiger partial charge in [-0.2, -0.15) is 10.5 Å². The molecule has 4 heteroatoms. The molecule has 0 aliphatic carbocycles. The van der Waals surface area contributed by atoms with E-state index in [2.05, 4.69) is 26.9 Å². The van der Waals surface area contributed by atoms with Crippen LogP contribution in [0.2, 0.25) is 0 Å². The highest BCUT2D eigenvalue weighted by Crippen LogP contribution is 2.47. The molecule has 0 aromatic carbocycles. The third kappa shape index (κ3) is 24.6. The molecule has 0 saturated carbocycles. The Balaban J connectivity index is 0. The quantitative estimate of drug-likeness (QED) is 0.340. The van der Waals surface area contributed by atoms with Gasteiger partial charge in [-0.3, -0.25) is 0 Å². The third-order valence-electron chi connectivity index (χ3n) is 1.79. The summed E-state index contributed by atoms with van der Waals surface area (Å²) in [6.07, 6.45) is 10.0. The van der Waals surface area contributed by atoms with Crippen LogP contribution in [0.1, 0.15) is 32.6 Å². The molecule has 0 saturated heterocycles. The molecule has 0 atom stereocenters. The molecule has 0 rings (SSSR count). The third-order valence-corrected chi connectivity index (χ3v) is 3.45. The maximum Gasteiger partial charge on any atom is 0.190 e. The van der Waals surface area contributed by atoms with Crippen molar-refractivity contribution in [2.75, 3.05) is 26.2 Å². The van der Waals surface area contributed by atoms with Crippen molar-refractivity contribution in [3.05, 3.63) is 0 Å². The summed E-state index contributed by atoms with van der Waals surface area (Å²) in [5.41, 5.74) is 0. The SMILES string of the molecule is CCCCCC[P+](C)(C)C.N#CNC#N. The van der Waals surface area contributed by atoms with Crippen LogP contribution in [0.25, 0.3) is 0 Å². The number of nitrogens with one attached hydrogen (secondary N) is 1. The molecule has 0 aromatic rings. The van der Waals surface area contributed by atoms with Crippen LogP contribution in [0, 0.1) is 22.9 Å². The second-order valence-electron chi connectivity index (χ2n) is 4.42. The van der Waals surface area contributed by atoms with E-state index in [4.69, 9.17) is 10.5 Å². The van der Waals surface area contributed by atoms with E-state index in [1.807, 2.05) is 0 Å². The minimum absolute atomic E-state index is 0.456. The van der Waals surface area contributed by atoms with Crippen LogP contribution < -0.4 is 5.32 Å². The van der Waals surface area contributed by atoms with E-state index in [-0.39, 0.29) is 0 Å². The fourth-order valence-electron chi connectivity index (χ4n) is 1.04. The summed E-state index contributed by atoms with van der Waals surface area (Å²) in [6, 6.07) is 0. The van der Waals surface area contributed by atoms with Gasteiger partial charge < -0.3 is 0 Å². The van der Waals surface area contributed by atoms with Gasteiger partial charge in [-0.1, -0.05) is 19.8 Å². The molecule has 0 bridgehead atoms. The molecule has 3 nitrogen and oxygen atoms in total. The summed E-state index contributed by atoms with van der Waals surface area (Å²) >= 11 is 0. The summed E-state index contributed by atoms with van der Waals surface area (Å²) < 4.78 is 0. The van der Waals surface area contributed by atoms with Crippen molar-refractivity contribution in [3.63, 3.8) is 0 Å². The molecule has 0 aliphatic rings. The Morgan fingerprint density at radius 1 is 1.00 bits per heavy atom. The van der Waals surface area contributed by atoms with Crippen LogP contribution >= 0.6 is 7.26 Å². The standard InChI is InChI=1S/C9H22P.C2HN3/c1-5-6-7-8-9-10(2,3)4;3-1-5-2-4/h5-9H2,1-4H3;5H/q+1;. The van der Waals surface area contributed by atoms with Crippen molar-refractivity contribution in [3.8, 4) is 12.4 Å². The molecule has 1 N–H and O–H groups in total. The minimum Gasteiger partial charge on any atom is -0.229 e. The highest BCUT2D eigenvalue weighted by atomic mass is 31.2. The van der Waals surface area contributed by atoms with Crippen molar-refractivity contribution in [1.82, 2.24) is 5.32 Å². The Bertz CT molecular complexity index is 195. The van der Waals surface area contributed by atoms with Crippen LogP contribution in [0.4, 0.5) is 0 Å². The summed E-state index contributed by atoms with van der Waals surface area (Å²) in [6.45, 7) is 9.56. The van der Waals surface area contributed by atoms with Gasteiger partial charge in [0.15, 0.2) is 12.4 Å². The number of hydrogen-bond donors (Lipinski definition) is 1. The van der Waals surface area contributed by atoms with E-state index < -0.39 is 7.26 Å². The summed E-state index contributed by atoms with van der Waals surface area (Å²) in [4.78, 5) is 0. The maximum absolute atomic E-state index is 7.48. The van der Waals surface area contributed by atoms with Gasteiger partial charge in [0.25, 0.3) is 0 Å². The number of rotatable bonds is 5. The van der Waals surface area contributed by atoms with Crippen molar-refractivity contribution in [2.24, 2.45) is 0 Å². The van der Waals surface area contributed by atoms with Crippen LogP contribution in [-0.4, -0.2) is 26.2 Å². The Labute approximate surface area is 94.8 Å². The predicted molar refractivity (Wildman–Crippen MR) is 68.1 cm³/mol. The molecule has 0 heterocycles. The first-order valence-electron chi connectivity index (χ1n) is 5.31. The normalized spacial score (nSPS) is 9.20. The second-order valence-corrected chi connectivity index (χ2v) is 9.45. The average Bonchev–Trinajstić information content (AvgIpc) is 2.13. The van der Waals surface area contributed by atoms with Crippen molar-refractivity contribution in [2.45, 2.75) is 32.6 Å². The molecule has 0 aromatic heterocycles. The number of hydrogen-bond acceptors (Lipinski definition) is 3. The molecule has 15 heavy (non-hydrogen) atoms. The van der Waals surface area contributed by atoms with Gasteiger partial charge in [0.05, 0.1) is 6.16 Å². The van der Waals surface area contributed by atoms with Crippen LogP contribution in [-0.2, 0) is 0 Å². The lowest BCUT2D eigenvalue weighted by atomic mass is 10.2. The van der Waals surface area contributed by atoms with Crippen molar-refractivity contribution < 1.29 is 0 Å². The smallest absolute Gasteiger partial charge is 0.190 e. The largest absolute Gasteiger partial charge is 0.229 e. The first-order chi connectivity index (χ1) is 6.97. The Morgan fingerprint density at radius 3 is 1.80 bits per heavy atom. The molecular weight excluding hydrogens is 205 g/mol. The number of nitrogens with zero attached hydrogens (tertiary/aromatic N) is 2. The van der Waals surface area contributed by atoms with Gasteiger partial charge >= 0.3 is 0 Å². The van der Waals surface area contributed by atoms with Gasteiger partial charge in [0.2, 0.25) is 0 Å². The Morgan fingerprint density at radius 2 is 1.53 bits per heavy atom. The first-order valence-corrected chi connectivity index (χ1v) is 8.63. The molecule has 0 unspecified atom stereocenters. The Kier molecular flexibility index (Phi) is 12.5. The zero-order valence-electron chi connectivity index (χ0n) is 10.4. The fraction of sp³-hybridized carbons (Fsp3) is 0.818. The number of unbranched alkanes of at least 4 members (excludes halogenated alkanes) is 3. The van der Waals surface area contributed by atoms with Gasteiger partial charge in [-0.05, 0) is 12.8 Å². The first kappa shape index (κ1) is 16.6. The van der Waals surface area contributed by atoms with Gasteiger partial charge in [-0.15, -0.1) is 0 Å². The van der Waals surface area contributed by atoms with Crippen molar-refractivity contribution in [1.29, 1.82) is 10.5 Å². The van der Waals surface area contributed by atoms with E-state index in [1.54, 1.807) is 5.32 Å². The monoisotopic (exact) mass is 228 g/mol. The van der Waals surface area contributed by atoms with E-state index in [1.165, 1.54) is 44.2 Å². The Hall–Kier alpha value is -0.790. The molecule has 0 amide bonds. The highest BCUT2D eigenvalue weighted by molar-refractivity contribution is 7.73. The molecule has 0 spiro atoms. The van der Waals surface area contributed by atoms with Crippen LogP contribution in [0.3, 0.4) is 0 Å². The molecule has 0 aliphatic heterocycles.